The molecule has 1 heteroatoms. The van der Waals surface area contributed by atoms with Crippen LogP contribution in [0.3, 0.4) is 0 Å². The van der Waals surface area contributed by atoms with Gasteiger partial charge in [0.25, 0.3) is 0 Å². The summed E-state index contributed by atoms with van der Waals surface area (Å²) in [5.74, 6) is 0. The SMILES string of the molecule is CCC(C)(c1ccccc1)c1cccc(-c2cc(-n3c4ccccc4c4ccc5c(c43)-c3ccccc3C5(C)C)c3c(c2)C3(CC)c2ccccc2)c1. The summed E-state index contributed by atoms with van der Waals surface area (Å²) in [6.07, 6.45) is 2.03. The van der Waals surface area contributed by atoms with Crippen LogP contribution < -0.4 is 0 Å². The summed E-state index contributed by atoms with van der Waals surface area (Å²) < 4.78 is 2.65. The van der Waals surface area contributed by atoms with Gasteiger partial charge in [0.1, 0.15) is 0 Å². The molecule has 1 heterocycles. The van der Waals surface area contributed by atoms with Crippen LogP contribution in [0.1, 0.15) is 86.4 Å². The van der Waals surface area contributed by atoms with Crippen molar-refractivity contribution in [2.75, 3.05) is 0 Å². The maximum atomic E-state index is 2.65. The highest BCUT2D eigenvalue weighted by atomic mass is 15.0. The Morgan fingerprint density at radius 1 is 0.566 bits per heavy atom. The minimum atomic E-state index is -0.138. The van der Waals surface area contributed by atoms with Gasteiger partial charge in [-0.3, -0.25) is 0 Å². The molecule has 0 aliphatic heterocycles. The molecule has 10 rings (SSSR count). The lowest BCUT2D eigenvalue weighted by atomic mass is 9.74. The van der Waals surface area contributed by atoms with Crippen LogP contribution in [-0.4, -0.2) is 4.57 Å². The molecular weight excluding hydrogens is 639 g/mol. The summed E-state index contributed by atoms with van der Waals surface area (Å²) in [5.41, 5.74) is 18.7. The number of aromatic nitrogens is 1. The molecule has 1 aromatic heterocycles. The Labute approximate surface area is 313 Å². The van der Waals surface area contributed by atoms with Crippen LogP contribution in [0.25, 0.3) is 49.7 Å². The topological polar surface area (TPSA) is 4.93 Å². The third kappa shape index (κ3) is 4.31. The minimum Gasteiger partial charge on any atom is -0.308 e. The number of hydrogen-bond acceptors (Lipinski definition) is 0. The lowest BCUT2D eigenvalue weighted by Gasteiger charge is -2.30. The van der Waals surface area contributed by atoms with Crippen LogP contribution in [0, 0.1) is 0 Å². The van der Waals surface area contributed by atoms with Gasteiger partial charge in [0.15, 0.2) is 0 Å². The van der Waals surface area contributed by atoms with E-state index in [4.69, 9.17) is 0 Å². The second-order valence-electron chi connectivity index (χ2n) is 16.1. The van der Waals surface area contributed by atoms with Crippen molar-refractivity contribution in [1.29, 1.82) is 0 Å². The maximum absolute atomic E-state index is 2.65. The van der Waals surface area contributed by atoms with Crippen molar-refractivity contribution in [3.8, 4) is 27.9 Å². The molecule has 0 fully saturated rings. The number of benzene rings is 7. The Balaban J connectivity index is 1.29. The monoisotopic (exact) mass is 683 g/mol. The van der Waals surface area contributed by atoms with Gasteiger partial charge < -0.3 is 4.57 Å². The predicted molar refractivity (Wildman–Crippen MR) is 224 cm³/mol. The lowest BCUT2D eigenvalue weighted by Crippen LogP contribution is -2.22. The van der Waals surface area contributed by atoms with Crippen LogP contribution >= 0.6 is 0 Å². The fourth-order valence-corrected chi connectivity index (χ4v) is 10.2. The van der Waals surface area contributed by atoms with Crippen LogP contribution in [0.15, 0.2) is 158 Å². The molecule has 0 radical (unpaired) electrons. The summed E-state index contributed by atoms with van der Waals surface area (Å²) in [4.78, 5) is 0. The van der Waals surface area contributed by atoms with Gasteiger partial charge in [-0.15, -0.1) is 0 Å². The number of hydrogen-bond donors (Lipinski definition) is 0. The third-order valence-corrected chi connectivity index (χ3v) is 13.3. The van der Waals surface area contributed by atoms with E-state index in [9.17, 15) is 0 Å². The van der Waals surface area contributed by atoms with E-state index < -0.39 is 0 Å². The first kappa shape index (κ1) is 32.0. The van der Waals surface area contributed by atoms with E-state index in [-0.39, 0.29) is 16.2 Å². The van der Waals surface area contributed by atoms with Gasteiger partial charge in [-0.2, -0.15) is 0 Å². The van der Waals surface area contributed by atoms with Crippen molar-refractivity contribution in [2.45, 2.75) is 63.7 Å². The number of nitrogens with zero attached hydrogens (tertiary/aromatic N) is 1. The summed E-state index contributed by atoms with van der Waals surface area (Å²) in [6.45, 7) is 11.9. The molecule has 1 nitrogen and oxygen atoms in total. The molecule has 2 aliphatic carbocycles. The van der Waals surface area contributed by atoms with Crippen LogP contribution in [0.4, 0.5) is 0 Å². The molecule has 0 saturated heterocycles. The molecule has 8 aromatic rings. The van der Waals surface area contributed by atoms with E-state index in [1.165, 1.54) is 88.7 Å². The van der Waals surface area contributed by atoms with Gasteiger partial charge in [0.2, 0.25) is 0 Å². The third-order valence-electron chi connectivity index (χ3n) is 13.3. The lowest BCUT2D eigenvalue weighted by molar-refractivity contribution is 0.550. The largest absolute Gasteiger partial charge is 0.308 e. The number of fused-ring (bicyclic) bond motifs is 8. The maximum Gasteiger partial charge on any atom is 0.0622 e. The van der Waals surface area contributed by atoms with Crippen molar-refractivity contribution in [3.05, 3.63) is 197 Å². The standard InChI is InChI=1S/C52H45N/c1-6-51(5,36-20-10-8-11-21-36)38-24-18-19-34(31-38)35-32-44-48(52(44,7-2)37-22-12-9-13-23-37)46(33-35)53-45-28-17-15-25-39(45)40-29-30-43-47(49(40)53)41-26-14-16-27-42(41)50(43,3)4/h8-33H,6-7H2,1-5H3. The highest BCUT2D eigenvalue weighted by Crippen LogP contribution is 2.62. The van der Waals surface area contributed by atoms with E-state index in [1.807, 2.05) is 0 Å². The number of para-hydroxylation sites is 1. The molecule has 0 amide bonds. The molecule has 2 unspecified atom stereocenters. The van der Waals surface area contributed by atoms with Gasteiger partial charge in [-0.1, -0.05) is 174 Å². The van der Waals surface area contributed by atoms with Crippen molar-refractivity contribution in [1.82, 2.24) is 4.57 Å². The Bertz CT molecular complexity index is 2730. The van der Waals surface area contributed by atoms with E-state index in [0.717, 1.165) is 12.8 Å². The molecular formula is C52H45N. The van der Waals surface area contributed by atoms with Crippen molar-refractivity contribution >= 4 is 21.8 Å². The highest BCUT2D eigenvalue weighted by Gasteiger charge is 2.53. The summed E-state index contributed by atoms with van der Waals surface area (Å²) >= 11 is 0. The molecule has 0 spiro atoms. The Hall–Kier alpha value is -5.66. The molecule has 0 N–H and O–H groups in total. The van der Waals surface area contributed by atoms with E-state index in [0.29, 0.717) is 0 Å². The van der Waals surface area contributed by atoms with Gasteiger partial charge in [-0.05, 0) is 86.7 Å². The van der Waals surface area contributed by atoms with Gasteiger partial charge in [0, 0.05) is 32.6 Å². The first-order valence-corrected chi connectivity index (χ1v) is 19.4. The molecule has 0 saturated carbocycles. The van der Waals surface area contributed by atoms with E-state index >= 15 is 0 Å². The van der Waals surface area contributed by atoms with E-state index in [2.05, 4.69) is 197 Å². The molecule has 7 aromatic carbocycles. The van der Waals surface area contributed by atoms with Crippen LogP contribution in [0.5, 0.6) is 0 Å². The first-order valence-electron chi connectivity index (χ1n) is 19.4. The zero-order valence-electron chi connectivity index (χ0n) is 31.4. The van der Waals surface area contributed by atoms with Crippen LogP contribution in [0.2, 0.25) is 0 Å². The summed E-state index contributed by atoms with van der Waals surface area (Å²) in [5, 5.41) is 2.62. The second-order valence-corrected chi connectivity index (χ2v) is 16.1. The minimum absolute atomic E-state index is 0.0836. The fraction of sp³-hybridized carbons (Fsp3) is 0.192. The molecule has 258 valence electrons. The van der Waals surface area contributed by atoms with Crippen molar-refractivity contribution < 1.29 is 0 Å². The van der Waals surface area contributed by atoms with Gasteiger partial charge >= 0.3 is 0 Å². The quantitative estimate of drug-likeness (QED) is 0.158. The fourth-order valence-electron chi connectivity index (χ4n) is 10.2. The highest BCUT2D eigenvalue weighted by molar-refractivity contribution is 6.16. The van der Waals surface area contributed by atoms with Crippen molar-refractivity contribution in [3.63, 3.8) is 0 Å². The van der Waals surface area contributed by atoms with Crippen molar-refractivity contribution in [2.24, 2.45) is 0 Å². The molecule has 2 aliphatic rings. The smallest absolute Gasteiger partial charge is 0.0622 e. The molecule has 53 heavy (non-hydrogen) atoms. The number of rotatable bonds is 7. The molecule has 2 atom stereocenters. The average molecular weight is 684 g/mol. The zero-order valence-corrected chi connectivity index (χ0v) is 31.4. The van der Waals surface area contributed by atoms with Crippen LogP contribution in [-0.2, 0) is 16.2 Å². The van der Waals surface area contributed by atoms with Gasteiger partial charge in [0.05, 0.1) is 16.7 Å². The second kappa shape index (κ2) is 11.4. The normalized spacial score (nSPS) is 17.7. The Morgan fingerprint density at radius 2 is 1.26 bits per heavy atom. The molecule has 0 bridgehead atoms. The predicted octanol–water partition coefficient (Wildman–Crippen LogP) is 13.5. The summed E-state index contributed by atoms with van der Waals surface area (Å²) in [6, 6.07) is 59.6. The average Bonchev–Trinajstić information content (AvgIpc) is 3.68. The Kier molecular flexibility index (Phi) is 6.90. The summed E-state index contributed by atoms with van der Waals surface area (Å²) in [7, 11) is 0. The van der Waals surface area contributed by atoms with E-state index in [1.54, 1.807) is 0 Å². The Morgan fingerprint density at radius 3 is 2.04 bits per heavy atom. The van der Waals surface area contributed by atoms with Gasteiger partial charge in [-0.25, -0.2) is 0 Å². The zero-order chi connectivity index (χ0) is 36.1. The first-order chi connectivity index (χ1) is 25.8.